The van der Waals surface area contributed by atoms with Gasteiger partial charge in [0.15, 0.2) is 6.10 Å². The normalized spacial score (nSPS) is 12.8. The zero-order valence-electron chi connectivity index (χ0n) is 43.7. The highest BCUT2D eigenvalue weighted by atomic mass is 16.6. The van der Waals surface area contributed by atoms with E-state index in [2.05, 4.69) is 99.8 Å². The van der Waals surface area contributed by atoms with Gasteiger partial charge in [-0.25, -0.2) is 0 Å². The van der Waals surface area contributed by atoms with E-state index >= 15 is 0 Å². The van der Waals surface area contributed by atoms with E-state index in [0.29, 0.717) is 25.9 Å². The Balaban J connectivity index is 4.29. The Labute approximate surface area is 409 Å². The molecule has 0 heterocycles. The van der Waals surface area contributed by atoms with Crippen LogP contribution in [0, 0.1) is 0 Å². The number of hydrogen-bond acceptors (Lipinski definition) is 5. The SMILES string of the molecule is CC/C=C\C/C=C\C/C=C\C/C=C\CCC(=O)OC(COCCCCCCCCCC/C=C\C/C=C\C/C=C\CC)COC(=O)CCCCCCCCCCCCCCCCCCCCC. The predicted octanol–water partition coefficient (Wildman–Crippen LogP) is 19.2. The highest BCUT2D eigenvalue weighted by Gasteiger charge is 2.17. The van der Waals surface area contributed by atoms with Crippen LogP contribution in [0.3, 0.4) is 0 Å². The third-order valence-electron chi connectivity index (χ3n) is 11.9. The average molecular weight is 920 g/mol. The number of carbonyl (C=O) groups excluding carboxylic acids is 2. The Morgan fingerprint density at radius 1 is 0.348 bits per heavy atom. The third kappa shape index (κ3) is 53.7. The van der Waals surface area contributed by atoms with Gasteiger partial charge in [-0.2, -0.15) is 0 Å². The summed E-state index contributed by atoms with van der Waals surface area (Å²) in [4.78, 5) is 25.4. The van der Waals surface area contributed by atoms with Gasteiger partial charge in [-0.3, -0.25) is 9.59 Å². The third-order valence-corrected chi connectivity index (χ3v) is 11.9. The van der Waals surface area contributed by atoms with Gasteiger partial charge in [0.1, 0.15) is 6.61 Å². The van der Waals surface area contributed by atoms with Crippen LogP contribution in [0.5, 0.6) is 0 Å². The van der Waals surface area contributed by atoms with E-state index < -0.39 is 6.10 Å². The minimum absolute atomic E-state index is 0.0530. The quantitative estimate of drug-likeness (QED) is 0.0346. The minimum Gasteiger partial charge on any atom is -0.462 e. The minimum atomic E-state index is -0.580. The zero-order chi connectivity index (χ0) is 47.7. The molecule has 0 aliphatic rings. The fourth-order valence-electron chi connectivity index (χ4n) is 7.83. The lowest BCUT2D eigenvalue weighted by atomic mass is 10.0. The molecule has 0 rings (SSSR count). The van der Waals surface area contributed by atoms with Crippen molar-refractivity contribution in [2.75, 3.05) is 19.8 Å². The Morgan fingerprint density at radius 3 is 1.15 bits per heavy atom. The van der Waals surface area contributed by atoms with Crippen molar-refractivity contribution in [1.29, 1.82) is 0 Å². The van der Waals surface area contributed by atoms with Gasteiger partial charge in [0.2, 0.25) is 0 Å². The second kappa shape index (κ2) is 56.4. The molecule has 5 nitrogen and oxygen atoms in total. The molecule has 0 aromatic rings. The lowest BCUT2D eigenvalue weighted by molar-refractivity contribution is -0.162. The smallest absolute Gasteiger partial charge is 0.306 e. The highest BCUT2D eigenvalue weighted by Crippen LogP contribution is 2.16. The summed E-state index contributed by atoms with van der Waals surface area (Å²) in [7, 11) is 0. The molecule has 0 saturated carbocycles. The first-order valence-corrected chi connectivity index (χ1v) is 28.1. The molecule has 0 aromatic carbocycles. The van der Waals surface area contributed by atoms with Gasteiger partial charge in [-0.1, -0.05) is 260 Å². The molecule has 66 heavy (non-hydrogen) atoms. The average Bonchev–Trinajstić information content (AvgIpc) is 3.32. The van der Waals surface area contributed by atoms with Crippen molar-refractivity contribution in [1.82, 2.24) is 0 Å². The monoisotopic (exact) mass is 919 g/mol. The standard InChI is InChI=1S/C61H106O5/c1-4-7-10-13-16-19-22-25-27-29-31-32-34-37-39-42-45-48-51-54-60(62)65-58-59(66-61(63)55-52-49-46-43-40-36-24-21-18-15-12-9-6-3)57-64-56-53-50-47-44-41-38-35-33-30-28-26-23-20-17-14-11-8-5-2/h8-9,11-12,17-18,20-21,26,28,36,40,46,49,59H,4-7,10,13-16,19,22-25,27,29-35,37-39,41-45,47-48,50-58H2,1-3H3/b11-8-,12-9-,20-17-,21-18-,28-26-,40-36-,49-46-. The molecule has 0 radical (unpaired) electrons. The Bertz CT molecular complexity index is 1220. The maximum atomic E-state index is 12.8. The number of rotatable bonds is 51. The van der Waals surface area contributed by atoms with E-state index in [1.807, 2.05) is 6.08 Å². The van der Waals surface area contributed by atoms with Crippen molar-refractivity contribution in [2.24, 2.45) is 0 Å². The van der Waals surface area contributed by atoms with E-state index in [-0.39, 0.29) is 25.2 Å². The fraction of sp³-hybridized carbons (Fsp3) is 0.738. The predicted molar refractivity (Wildman–Crippen MR) is 288 cm³/mol. The summed E-state index contributed by atoms with van der Waals surface area (Å²) in [5, 5.41) is 0. The lowest BCUT2D eigenvalue weighted by Gasteiger charge is -2.18. The van der Waals surface area contributed by atoms with Crippen LogP contribution in [0.4, 0.5) is 0 Å². The molecule has 0 saturated heterocycles. The second-order valence-electron chi connectivity index (χ2n) is 18.4. The molecule has 5 heteroatoms. The first-order valence-electron chi connectivity index (χ1n) is 28.1. The Hall–Kier alpha value is -2.92. The van der Waals surface area contributed by atoms with Crippen LogP contribution in [0.15, 0.2) is 85.1 Å². The van der Waals surface area contributed by atoms with E-state index in [1.54, 1.807) is 0 Å². The van der Waals surface area contributed by atoms with Crippen LogP contribution in [-0.4, -0.2) is 37.9 Å². The van der Waals surface area contributed by atoms with Crippen molar-refractivity contribution < 1.29 is 23.8 Å². The maximum Gasteiger partial charge on any atom is 0.306 e. The lowest BCUT2D eigenvalue weighted by Crippen LogP contribution is -2.30. The summed E-state index contributed by atoms with van der Waals surface area (Å²) in [5.74, 6) is -0.488. The van der Waals surface area contributed by atoms with Crippen LogP contribution in [0.25, 0.3) is 0 Å². The van der Waals surface area contributed by atoms with E-state index in [9.17, 15) is 9.59 Å². The number of ether oxygens (including phenoxy) is 3. The van der Waals surface area contributed by atoms with Gasteiger partial charge in [-0.05, 0) is 77.0 Å². The second-order valence-corrected chi connectivity index (χ2v) is 18.4. The Kier molecular flexibility index (Phi) is 53.9. The molecule has 1 atom stereocenters. The molecule has 1 unspecified atom stereocenters. The van der Waals surface area contributed by atoms with Gasteiger partial charge in [0.25, 0.3) is 0 Å². The maximum absolute atomic E-state index is 12.8. The van der Waals surface area contributed by atoms with Gasteiger partial charge in [-0.15, -0.1) is 0 Å². The summed E-state index contributed by atoms with van der Waals surface area (Å²) in [6.45, 7) is 7.54. The van der Waals surface area contributed by atoms with E-state index in [0.717, 1.165) is 70.6 Å². The summed E-state index contributed by atoms with van der Waals surface area (Å²) in [6, 6.07) is 0. The molecule has 0 spiro atoms. The van der Waals surface area contributed by atoms with Crippen LogP contribution < -0.4 is 0 Å². The van der Waals surface area contributed by atoms with Crippen LogP contribution in [0.2, 0.25) is 0 Å². The fourth-order valence-corrected chi connectivity index (χ4v) is 7.83. The first kappa shape index (κ1) is 63.1. The zero-order valence-corrected chi connectivity index (χ0v) is 43.7. The number of esters is 2. The molecular formula is C61H106O5. The summed E-state index contributed by atoms with van der Waals surface area (Å²) >= 11 is 0. The van der Waals surface area contributed by atoms with Gasteiger partial charge in [0, 0.05) is 19.4 Å². The van der Waals surface area contributed by atoms with Crippen molar-refractivity contribution >= 4 is 11.9 Å². The van der Waals surface area contributed by atoms with Crippen LogP contribution in [0.1, 0.15) is 265 Å². The molecule has 0 fully saturated rings. The van der Waals surface area contributed by atoms with Crippen molar-refractivity contribution in [3.63, 3.8) is 0 Å². The molecule has 0 aromatic heterocycles. The largest absolute Gasteiger partial charge is 0.462 e. The summed E-state index contributed by atoms with van der Waals surface area (Å²) in [5.41, 5.74) is 0. The molecule has 0 bridgehead atoms. The molecule has 0 aliphatic heterocycles. The van der Waals surface area contributed by atoms with Crippen molar-refractivity contribution in [2.45, 2.75) is 271 Å². The van der Waals surface area contributed by atoms with Gasteiger partial charge < -0.3 is 14.2 Å². The van der Waals surface area contributed by atoms with E-state index in [1.165, 1.54) is 154 Å². The van der Waals surface area contributed by atoms with Crippen LogP contribution >= 0.6 is 0 Å². The number of hydrogen-bond donors (Lipinski definition) is 0. The summed E-state index contributed by atoms with van der Waals surface area (Å²) in [6.07, 6.45) is 74.8. The molecular weight excluding hydrogens is 813 g/mol. The number of unbranched alkanes of at least 4 members (excludes halogenated alkanes) is 26. The number of carbonyl (C=O) groups is 2. The molecule has 380 valence electrons. The van der Waals surface area contributed by atoms with Crippen molar-refractivity contribution in [3.8, 4) is 0 Å². The van der Waals surface area contributed by atoms with Crippen molar-refractivity contribution in [3.05, 3.63) is 85.1 Å². The topological polar surface area (TPSA) is 61.8 Å². The molecule has 0 N–H and O–H groups in total. The summed E-state index contributed by atoms with van der Waals surface area (Å²) < 4.78 is 17.4. The van der Waals surface area contributed by atoms with Crippen LogP contribution in [-0.2, 0) is 23.8 Å². The number of allylic oxidation sites excluding steroid dienone is 14. The van der Waals surface area contributed by atoms with Gasteiger partial charge >= 0.3 is 11.9 Å². The highest BCUT2D eigenvalue weighted by molar-refractivity contribution is 5.70. The Morgan fingerprint density at radius 2 is 0.712 bits per heavy atom. The first-order chi connectivity index (χ1) is 32.6. The van der Waals surface area contributed by atoms with E-state index in [4.69, 9.17) is 14.2 Å². The molecule has 0 aliphatic carbocycles. The molecule has 0 amide bonds. The van der Waals surface area contributed by atoms with Gasteiger partial charge in [0.05, 0.1) is 6.61 Å².